The highest BCUT2D eigenvalue weighted by Gasteiger charge is 2.39. The van der Waals surface area contributed by atoms with Gasteiger partial charge in [-0.25, -0.2) is 8.42 Å². The molecule has 2 aromatic rings. The third-order valence-electron chi connectivity index (χ3n) is 4.84. The van der Waals surface area contributed by atoms with Gasteiger partial charge in [0.2, 0.25) is 0 Å². The molecule has 2 N–H and O–H groups in total. The van der Waals surface area contributed by atoms with Crippen LogP contribution in [-0.2, 0) is 23.3 Å². The average Bonchev–Trinajstić information content (AvgIpc) is 2.72. The Morgan fingerprint density at radius 2 is 1.41 bits per heavy atom. The number of sulfonamides is 1. The predicted octanol–water partition coefficient (Wildman–Crippen LogP) is 4.95. The molecule has 0 aliphatic carbocycles. The van der Waals surface area contributed by atoms with Gasteiger partial charge in [-0.3, -0.25) is 4.72 Å². The van der Waals surface area contributed by atoms with E-state index in [2.05, 4.69) is 10.0 Å². The maximum atomic E-state index is 12.7. The molecule has 178 valence electrons. The van der Waals surface area contributed by atoms with E-state index in [1.54, 1.807) is 31.2 Å². The molecule has 32 heavy (non-hydrogen) atoms. The lowest BCUT2D eigenvalue weighted by Crippen LogP contribution is -2.46. The molecule has 2 aromatic carbocycles. The first kappa shape index (κ1) is 26.3. The van der Waals surface area contributed by atoms with Crippen LogP contribution in [0.5, 0.6) is 0 Å². The van der Waals surface area contributed by atoms with Gasteiger partial charge in [-0.2, -0.15) is 0 Å². The Kier molecular flexibility index (Phi) is 10.2. The van der Waals surface area contributed by atoms with E-state index in [0.717, 1.165) is 35.8 Å². The number of aryl methyl sites for hydroxylation is 2. The average molecular weight is 481 g/mol. The van der Waals surface area contributed by atoms with Crippen LogP contribution < -0.4 is 10.0 Å². The van der Waals surface area contributed by atoms with E-state index in [4.69, 9.17) is 13.3 Å². The molecule has 0 heterocycles. The fraction of sp³-hybridized carbons (Fsp3) is 0.478. The van der Waals surface area contributed by atoms with E-state index in [0.29, 0.717) is 25.5 Å². The van der Waals surface area contributed by atoms with Crippen molar-refractivity contribution in [3.8, 4) is 0 Å². The Balaban J connectivity index is 1.92. The lowest BCUT2D eigenvalue weighted by Gasteiger charge is -2.28. The molecule has 7 nitrogen and oxygen atoms in total. The summed E-state index contributed by atoms with van der Waals surface area (Å²) in [7, 11) is -6.26. The van der Waals surface area contributed by atoms with Gasteiger partial charge in [0.25, 0.3) is 10.0 Å². The molecule has 0 saturated heterocycles. The van der Waals surface area contributed by atoms with Crippen molar-refractivity contribution in [2.75, 3.05) is 36.4 Å². The van der Waals surface area contributed by atoms with Gasteiger partial charge in [0.05, 0.1) is 4.90 Å². The zero-order valence-corrected chi connectivity index (χ0v) is 21.6. The summed E-state index contributed by atoms with van der Waals surface area (Å²) < 4.78 is 45.7. The molecule has 0 aliphatic heterocycles. The van der Waals surface area contributed by atoms with Crippen molar-refractivity contribution >= 4 is 30.2 Å². The van der Waals surface area contributed by atoms with E-state index >= 15 is 0 Å². The van der Waals surface area contributed by atoms with Gasteiger partial charge < -0.3 is 18.6 Å². The van der Waals surface area contributed by atoms with Crippen LogP contribution in [0.25, 0.3) is 0 Å². The molecule has 0 unspecified atom stereocenters. The van der Waals surface area contributed by atoms with E-state index in [1.807, 2.05) is 45.9 Å². The van der Waals surface area contributed by atoms with Gasteiger partial charge in [0.15, 0.2) is 0 Å². The molecule has 0 fully saturated rings. The molecule has 9 heteroatoms. The lowest BCUT2D eigenvalue weighted by molar-refractivity contribution is 0.0710. The second-order valence-electron chi connectivity index (χ2n) is 7.46. The van der Waals surface area contributed by atoms with Crippen molar-refractivity contribution in [3.05, 3.63) is 53.6 Å². The third kappa shape index (κ3) is 7.60. The lowest BCUT2D eigenvalue weighted by atomic mass is 10.2. The van der Waals surface area contributed by atoms with Crippen LogP contribution in [0.4, 0.5) is 11.4 Å². The summed E-state index contributed by atoms with van der Waals surface area (Å²) in [5, 5.41) is 3.36. The number of hydrogen-bond donors (Lipinski definition) is 2. The monoisotopic (exact) mass is 480 g/mol. The Hall–Kier alpha value is -1.91. The van der Waals surface area contributed by atoms with E-state index < -0.39 is 18.8 Å². The first-order valence-corrected chi connectivity index (χ1v) is 14.5. The van der Waals surface area contributed by atoms with E-state index in [9.17, 15) is 8.42 Å². The second-order valence-corrected chi connectivity index (χ2v) is 11.8. The Morgan fingerprint density at radius 1 is 0.844 bits per heavy atom. The highest BCUT2D eigenvalue weighted by molar-refractivity contribution is 7.92. The standard InChI is InChI=1S/C23H36N2O5SSi/c1-6-28-32(29-7-2,30-8-3)17-9-16-24-21-11-13-22(14-12-21)25-31(26,27)23-15-10-19(4)18-20(23)5/h10-15,18,24-25H,6-9,16-17H2,1-5H3. The van der Waals surface area contributed by atoms with Crippen LogP contribution in [0, 0.1) is 13.8 Å². The van der Waals surface area contributed by atoms with Crippen molar-refractivity contribution in [3.63, 3.8) is 0 Å². The van der Waals surface area contributed by atoms with Crippen molar-refractivity contribution in [1.29, 1.82) is 0 Å². The number of rotatable bonds is 14. The minimum atomic E-state index is -3.63. The topological polar surface area (TPSA) is 85.9 Å². The second kappa shape index (κ2) is 12.4. The summed E-state index contributed by atoms with van der Waals surface area (Å²) in [4.78, 5) is 0.288. The summed E-state index contributed by atoms with van der Waals surface area (Å²) in [5.74, 6) is 0. The molecule has 0 atom stereocenters. The molecular weight excluding hydrogens is 444 g/mol. The highest BCUT2D eigenvalue weighted by Crippen LogP contribution is 2.22. The predicted molar refractivity (Wildman–Crippen MR) is 132 cm³/mol. The van der Waals surface area contributed by atoms with Crippen LogP contribution in [0.3, 0.4) is 0 Å². The Bertz CT molecular complexity index is 934. The molecule has 0 aromatic heterocycles. The minimum Gasteiger partial charge on any atom is -0.385 e. The minimum absolute atomic E-state index is 0.288. The van der Waals surface area contributed by atoms with Gasteiger partial charge in [-0.15, -0.1) is 0 Å². The number of benzene rings is 2. The van der Waals surface area contributed by atoms with Gasteiger partial charge >= 0.3 is 8.80 Å². The molecule has 0 saturated carbocycles. The normalized spacial score (nSPS) is 12.0. The summed E-state index contributed by atoms with van der Waals surface area (Å²) >= 11 is 0. The first-order chi connectivity index (χ1) is 15.2. The van der Waals surface area contributed by atoms with E-state index in [-0.39, 0.29) is 4.90 Å². The fourth-order valence-electron chi connectivity index (χ4n) is 3.51. The molecule has 0 spiro atoms. The van der Waals surface area contributed by atoms with Gasteiger partial charge in [-0.1, -0.05) is 17.7 Å². The summed E-state index contributed by atoms with van der Waals surface area (Å²) in [6, 6.07) is 13.3. The summed E-state index contributed by atoms with van der Waals surface area (Å²) in [5.41, 5.74) is 3.18. The Morgan fingerprint density at radius 3 is 1.94 bits per heavy atom. The largest absolute Gasteiger partial charge is 0.500 e. The molecule has 0 radical (unpaired) electrons. The van der Waals surface area contributed by atoms with Crippen LogP contribution in [0.1, 0.15) is 38.3 Å². The van der Waals surface area contributed by atoms with E-state index in [1.165, 1.54) is 0 Å². The molecular formula is C23H36N2O5SSi. The first-order valence-electron chi connectivity index (χ1n) is 11.1. The Labute approximate surface area is 193 Å². The summed E-state index contributed by atoms with van der Waals surface area (Å²) in [6.07, 6.45) is 0.841. The van der Waals surface area contributed by atoms with Crippen molar-refractivity contribution in [1.82, 2.24) is 0 Å². The zero-order valence-electron chi connectivity index (χ0n) is 19.7. The van der Waals surface area contributed by atoms with Crippen LogP contribution >= 0.6 is 0 Å². The molecule has 2 rings (SSSR count). The quantitative estimate of drug-likeness (QED) is 0.294. The third-order valence-corrected chi connectivity index (χ3v) is 9.53. The SMILES string of the molecule is CCO[Si](CCCNc1ccc(NS(=O)(=O)c2ccc(C)cc2C)cc1)(OCC)OCC. The van der Waals surface area contributed by atoms with Gasteiger partial charge in [0, 0.05) is 43.8 Å². The number of anilines is 2. The zero-order chi connectivity index (χ0) is 23.6. The van der Waals surface area contributed by atoms with Gasteiger partial charge in [-0.05, 0) is 76.9 Å². The van der Waals surface area contributed by atoms with Crippen molar-refractivity contribution in [2.24, 2.45) is 0 Å². The number of nitrogens with one attached hydrogen (secondary N) is 2. The van der Waals surface area contributed by atoms with Crippen LogP contribution in [-0.4, -0.2) is 43.6 Å². The molecule has 0 amide bonds. The highest BCUT2D eigenvalue weighted by atomic mass is 32.2. The summed E-state index contributed by atoms with van der Waals surface area (Å²) in [6.45, 7) is 12.0. The van der Waals surface area contributed by atoms with Crippen LogP contribution in [0.15, 0.2) is 47.4 Å². The van der Waals surface area contributed by atoms with Crippen molar-refractivity contribution < 1.29 is 21.7 Å². The molecule has 0 bridgehead atoms. The molecule has 0 aliphatic rings. The van der Waals surface area contributed by atoms with Gasteiger partial charge in [0.1, 0.15) is 0 Å². The smallest absolute Gasteiger partial charge is 0.385 e. The maximum absolute atomic E-state index is 12.7. The van der Waals surface area contributed by atoms with Crippen molar-refractivity contribution in [2.45, 2.75) is 52.0 Å². The maximum Gasteiger partial charge on any atom is 0.500 e. The fourth-order valence-corrected chi connectivity index (χ4v) is 7.40. The van der Waals surface area contributed by atoms with Crippen LogP contribution in [0.2, 0.25) is 6.04 Å². The number of hydrogen-bond acceptors (Lipinski definition) is 6.